The smallest absolute Gasteiger partial charge is 0.168 e. The molecule has 126 valence electrons. The van der Waals surface area contributed by atoms with Gasteiger partial charge in [-0.3, -0.25) is 0 Å². The zero-order chi connectivity index (χ0) is 14.9. The molecule has 2 unspecified atom stereocenters. The van der Waals surface area contributed by atoms with Crippen LogP contribution in [-0.4, -0.2) is 37.5 Å². The van der Waals surface area contributed by atoms with Gasteiger partial charge in [0.1, 0.15) is 0 Å². The topological polar surface area (TPSA) is 36.9 Å². The molecule has 4 fully saturated rings. The van der Waals surface area contributed by atoms with Gasteiger partial charge in [-0.15, -0.1) is 0 Å². The Morgan fingerprint density at radius 1 is 0.636 bits per heavy atom. The van der Waals surface area contributed by atoms with Gasteiger partial charge in [0.2, 0.25) is 0 Å². The minimum absolute atomic E-state index is 0.251. The zero-order valence-corrected chi connectivity index (χ0v) is 13.7. The van der Waals surface area contributed by atoms with Crippen LogP contribution < -0.4 is 0 Å². The van der Waals surface area contributed by atoms with E-state index in [-0.39, 0.29) is 11.6 Å². The molecule has 0 N–H and O–H groups in total. The molecule has 2 aliphatic carbocycles. The Hall–Kier alpha value is -0.160. The molecule has 4 rings (SSSR count). The first-order chi connectivity index (χ1) is 10.8. The summed E-state index contributed by atoms with van der Waals surface area (Å²) in [6.45, 7) is 2.56. The molecular formula is C18H30O4. The van der Waals surface area contributed by atoms with Gasteiger partial charge in [0.25, 0.3) is 0 Å². The van der Waals surface area contributed by atoms with Crippen molar-refractivity contribution >= 4 is 0 Å². The molecule has 0 aromatic carbocycles. The SMILES string of the molecule is C1CCOC2(CCCC(C3CCOC4(CCCC4)O3)C2)OC1. The third kappa shape index (κ3) is 3.08. The molecule has 2 atom stereocenters. The second kappa shape index (κ2) is 6.39. The lowest BCUT2D eigenvalue weighted by Crippen LogP contribution is -2.49. The first-order valence-electron chi connectivity index (χ1n) is 9.39. The maximum absolute atomic E-state index is 6.51. The van der Waals surface area contributed by atoms with E-state index in [4.69, 9.17) is 18.9 Å². The zero-order valence-electron chi connectivity index (χ0n) is 13.7. The number of hydrogen-bond donors (Lipinski definition) is 0. The van der Waals surface area contributed by atoms with Crippen molar-refractivity contribution in [2.45, 2.75) is 88.3 Å². The Kier molecular flexibility index (Phi) is 4.46. The van der Waals surface area contributed by atoms with Gasteiger partial charge in [-0.1, -0.05) is 0 Å². The van der Waals surface area contributed by atoms with Gasteiger partial charge in [0.15, 0.2) is 11.6 Å². The van der Waals surface area contributed by atoms with Gasteiger partial charge >= 0.3 is 0 Å². The standard InChI is InChI=1S/C18H30O4/c1-2-9-17(8-1)21-13-7-16(22-17)15-6-5-10-18(14-15)19-11-3-4-12-20-18/h15-16H,1-14H2. The van der Waals surface area contributed by atoms with E-state index < -0.39 is 0 Å². The maximum atomic E-state index is 6.51. The molecule has 0 radical (unpaired) electrons. The van der Waals surface area contributed by atoms with Crippen molar-refractivity contribution < 1.29 is 18.9 Å². The van der Waals surface area contributed by atoms with Crippen LogP contribution in [0.15, 0.2) is 0 Å². The Balaban J connectivity index is 1.43. The van der Waals surface area contributed by atoms with Crippen molar-refractivity contribution in [2.75, 3.05) is 19.8 Å². The van der Waals surface area contributed by atoms with Gasteiger partial charge in [0.05, 0.1) is 25.9 Å². The average molecular weight is 310 g/mol. The molecule has 0 aromatic heterocycles. The Labute approximate surface area is 133 Å². The van der Waals surface area contributed by atoms with Crippen molar-refractivity contribution in [3.05, 3.63) is 0 Å². The summed E-state index contributed by atoms with van der Waals surface area (Å²) < 4.78 is 24.8. The molecular weight excluding hydrogens is 280 g/mol. The van der Waals surface area contributed by atoms with Gasteiger partial charge in [-0.2, -0.15) is 0 Å². The van der Waals surface area contributed by atoms with Gasteiger partial charge in [-0.25, -0.2) is 0 Å². The monoisotopic (exact) mass is 310 g/mol. The summed E-state index contributed by atoms with van der Waals surface area (Å²) in [4.78, 5) is 0. The lowest BCUT2D eigenvalue weighted by molar-refractivity contribution is -0.312. The number of rotatable bonds is 1. The predicted molar refractivity (Wildman–Crippen MR) is 82.5 cm³/mol. The van der Waals surface area contributed by atoms with Crippen LogP contribution in [0.4, 0.5) is 0 Å². The summed E-state index contributed by atoms with van der Waals surface area (Å²) >= 11 is 0. The van der Waals surface area contributed by atoms with E-state index >= 15 is 0 Å². The van der Waals surface area contributed by atoms with Crippen molar-refractivity contribution in [2.24, 2.45) is 5.92 Å². The van der Waals surface area contributed by atoms with Crippen molar-refractivity contribution in [1.82, 2.24) is 0 Å². The van der Waals surface area contributed by atoms with Crippen LogP contribution >= 0.6 is 0 Å². The fraction of sp³-hybridized carbons (Fsp3) is 1.00. The molecule has 4 aliphatic rings. The van der Waals surface area contributed by atoms with E-state index in [9.17, 15) is 0 Å². The highest BCUT2D eigenvalue weighted by atomic mass is 16.7. The van der Waals surface area contributed by atoms with Crippen LogP contribution in [0.1, 0.15) is 70.6 Å². The highest BCUT2D eigenvalue weighted by Crippen LogP contribution is 2.45. The summed E-state index contributed by atoms with van der Waals surface area (Å²) in [7, 11) is 0. The highest BCUT2D eigenvalue weighted by molar-refractivity contribution is 4.90. The quantitative estimate of drug-likeness (QED) is 0.738. The molecule has 0 bridgehead atoms. The Morgan fingerprint density at radius 2 is 1.32 bits per heavy atom. The average Bonchev–Trinajstić information content (AvgIpc) is 2.87. The summed E-state index contributed by atoms with van der Waals surface area (Å²) in [6, 6.07) is 0. The van der Waals surface area contributed by atoms with E-state index in [0.29, 0.717) is 12.0 Å². The predicted octanol–water partition coefficient (Wildman–Crippen LogP) is 3.78. The van der Waals surface area contributed by atoms with E-state index in [1.54, 1.807) is 0 Å². The van der Waals surface area contributed by atoms with Crippen LogP contribution in [0.2, 0.25) is 0 Å². The molecule has 4 heteroatoms. The second-order valence-corrected chi connectivity index (χ2v) is 7.58. The molecule has 2 spiro atoms. The normalized spacial score (nSPS) is 38.2. The minimum atomic E-state index is -0.316. The van der Waals surface area contributed by atoms with Crippen LogP contribution in [-0.2, 0) is 18.9 Å². The van der Waals surface area contributed by atoms with E-state index in [2.05, 4.69) is 0 Å². The molecule has 0 aromatic rings. The molecule has 2 saturated carbocycles. The molecule has 2 heterocycles. The third-order valence-electron chi connectivity index (χ3n) is 6.00. The molecule has 22 heavy (non-hydrogen) atoms. The fourth-order valence-corrected chi connectivity index (χ4v) is 4.82. The lowest BCUT2D eigenvalue weighted by atomic mass is 9.80. The summed E-state index contributed by atoms with van der Waals surface area (Å²) in [6.07, 6.45) is 12.8. The van der Waals surface area contributed by atoms with Gasteiger partial charge in [0, 0.05) is 25.7 Å². The van der Waals surface area contributed by atoms with Crippen LogP contribution in [0.25, 0.3) is 0 Å². The number of hydrogen-bond acceptors (Lipinski definition) is 4. The van der Waals surface area contributed by atoms with Crippen LogP contribution in [0.5, 0.6) is 0 Å². The minimum Gasteiger partial charge on any atom is -0.350 e. The van der Waals surface area contributed by atoms with Gasteiger partial charge < -0.3 is 18.9 Å². The molecule has 2 saturated heterocycles. The van der Waals surface area contributed by atoms with E-state index in [1.165, 1.54) is 25.7 Å². The summed E-state index contributed by atoms with van der Waals surface area (Å²) in [5.74, 6) is -0.00368. The lowest BCUT2D eigenvalue weighted by Gasteiger charge is -2.46. The van der Waals surface area contributed by atoms with Crippen LogP contribution in [0, 0.1) is 5.92 Å². The summed E-state index contributed by atoms with van der Waals surface area (Å²) in [5.41, 5.74) is 0. The largest absolute Gasteiger partial charge is 0.350 e. The Bertz CT molecular complexity index is 369. The van der Waals surface area contributed by atoms with Crippen molar-refractivity contribution in [3.63, 3.8) is 0 Å². The fourth-order valence-electron chi connectivity index (χ4n) is 4.82. The first kappa shape index (κ1) is 15.4. The molecule has 2 aliphatic heterocycles. The number of ether oxygens (including phenoxy) is 4. The van der Waals surface area contributed by atoms with Crippen molar-refractivity contribution in [3.8, 4) is 0 Å². The second-order valence-electron chi connectivity index (χ2n) is 7.58. The third-order valence-corrected chi connectivity index (χ3v) is 6.00. The molecule has 0 amide bonds. The first-order valence-corrected chi connectivity index (χ1v) is 9.39. The maximum Gasteiger partial charge on any atom is 0.168 e. The van der Waals surface area contributed by atoms with Gasteiger partial charge in [-0.05, 0) is 50.9 Å². The van der Waals surface area contributed by atoms with E-state index in [0.717, 1.165) is 64.8 Å². The Morgan fingerprint density at radius 3 is 2.09 bits per heavy atom. The van der Waals surface area contributed by atoms with Crippen molar-refractivity contribution in [1.29, 1.82) is 0 Å². The summed E-state index contributed by atoms with van der Waals surface area (Å²) in [5, 5.41) is 0. The molecule has 4 nitrogen and oxygen atoms in total. The van der Waals surface area contributed by atoms with E-state index in [1.807, 2.05) is 0 Å². The van der Waals surface area contributed by atoms with Crippen LogP contribution in [0.3, 0.4) is 0 Å². The highest BCUT2D eigenvalue weighted by Gasteiger charge is 2.47.